The monoisotopic (exact) mass is 268 g/mol. The van der Waals surface area contributed by atoms with Crippen LogP contribution in [0.4, 0.5) is 0 Å². The molecule has 3 nitrogen and oxygen atoms in total. The van der Waals surface area contributed by atoms with Crippen molar-refractivity contribution in [3.63, 3.8) is 0 Å². The molecule has 1 aliphatic rings. The standard InChI is InChI=1S/C11H13BrN2O/c12-10-4-2-1-3-9(10)11(15)14-8-5-6-13-7-8/h1-4,8,13H,5-7H2,(H,14,15). The molecule has 2 rings (SSSR count). The lowest BCUT2D eigenvalue weighted by molar-refractivity contribution is 0.0939. The van der Waals surface area contributed by atoms with Crippen molar-refractivity contribution in [3.05, 3.63) is 34.3 Å². The van der Waals surface area contributed by atoms with E-state index in [0.717, 1.165) is 24.0 Å². The van der Waals surface area contributed by atoms with Crippen molar-refractivity contribution in [2.24, 2.45) is 0 Å². The van der Waals surface area contributed by atoms with Gasteiger partial charge in [-0.3, -0.25) is 4.79 Å². The van der Waals surface area contributed by atoms with E-state index >= 15 is 0 Å². The second-order valence-corrected chi connectivity index (χ2v) is 4.50. The Labute approximate surface area is 97.4 Å². The topological polar surface area (TPSA) is 41.1 Å². The summed E-state index contributed by atoms with van der Waals surface area (Å²) in [5.41, 5.74) is 0.699. The summed E-state index contributed by atoms with van der Waals surface area (Å²) >= 11 is 3.37. The smallest absolute Gasteiger partial charge is 0.252 e. The molecular formula is C11H13BrN2O. The molecule has 0 spiro atoms. The maximum Gasteiger partial charge on any atom is 0.252 e. The van der Waals surface area contributed by atoms with Crippen LogP contribution in [0.15, 0.2) is 28.7 Å². The third kappa shape index (κ3) is 2.58. The first-order valence-electron chi connectivity index (χ1n) is 5.03. The van der Waals surface area contributed by atoms with Crippen LogP contribution < -0.4 is 10.6 Å². The molecule has 0 aromatic heterocycles. The van der Waals surface area contributed by atoms with Gasteiger partial charge in [0, 0.05) is 17.1 Å². The summed E-state index contributed by atoms with van der Waals surface area (Å²) < 4.78 is 0.841. The van der Waals surface area contributed by atoms with Crippen molar-refractivity contribution < 1.29 is 4.79 Å². The van der Waals surface area contributed by atoms with Gasteiger partial charge >= 0.3 is 0 Å². The third-order valence-corrected chi connectivity index (χ3v) is 3.21. The van der Waals surface area contributed by atoms with Gasteiger partial charge in [0.05, 0.1) is 5.56 Å². The average Bonchev–Trinajstić information content (AvgIpc) is 2.71. The number of carbonyl (C=O) groups is 1. The molecule has 1 fully saturated rings. The number of nitrogens with one attached hydrogen (secondary N) is 2. The highest BCUT2D eigenvalue weighted by Gasteiger charge is 2.18. The van der Waals surface area contributed by atoms with Crippen LogP contribution in [0.2, 0.25) is 0 Å². The van der Waals surface area contributed by atoms with E-state index in [1.165, 1.54) is 0 Å². The Morgan fingerprint density at radius 1 is 1.47 bits per heavy atom. The van der Waals surface area contributed by atoms with E-state index in [0.29, 0.717) is 5.56 Å². The lowest BCUT2D eigenvalue weighted by atomic mass is 10.2. The average molecular weight is 269 g/mol. The quantitative estimate of drug-likeness (QED) is 0.855. The van der Waals surface area contributed by atoms with E-state index in [1.54, 1.807) is 0 Å². The highest BCUT2D eigenvalue weighted by Crippen LogP contribution is 2.15. The molecule has 1 aromatic rings. The van der Waals surface area contributed by atoms with Gasteiger partial charge in [-0.15, -0.1) is 0 Å². The normalized spacial score (nSPS) is 20.2. The Bertz CT molecular complexity index is 361. The number of hydrogen-bond acceptors (Lipinski definition) is 2. The Kier molecular flexibility index (Phi) is 3.38. The molecule has 1 atom stereocenters. The molecule has 1 aromatic carbocycles. The fourth-order valence-corrected chi connectivity index (χ4v) is 2.15. The summed E-state index contributed by atoms with van der Waals surface area (Å²) in [5, 5.41) is 6.22. The van der Waals surface area contributed by atoms with Crippen molar-refractivity contribution in [1.29, 1.82) is 0 Å². The molecule has 0 saturated carbocycles. The molecule has 1 aliphatic heterocycles. The predicted molar refractivity (Wildman–Crippen MR) is 62.9 cm³/mol. The lowest BCUT2D eigenvalue weighted by Crippen LogP contribution is -2.36. The molecule has 15 heavy (non-hydrogen) atoms. The van der Waals surface area contributed by atoms with Crippen LogP contribution in [-0.4, -0.2) is 25.0 Å². The van der Waals surface area contributed by atoms with E-state index < -0.39 is 0 Å². The van der Waals surface area contributed by atoms with Gasteiger partial charge in [-0.05, 0) is 41.0 Å². The summed E-state index contributed by atoms with van der Waals surface area (Å²) in [6.45, 7) is 1.86. The third-order valence-electron chi connectivity index (χ3n) is 2.51. The van der Waals surface area contributed by atoms with Gasteiger partial charge in [-0.1, -0.05) is 12.1 Å². The summed E-state index contributed by atoms with van der Waals surface area (Å²) in [4.78, 5) is 11.9. The van der Waals surface area contributed by atoms with E-state index in [1.807, 2.05) is 24.3 Å². The van der Waals surface area contributed by atoms with E-state index in [4.69, 9.17) is 0 Å². The molecule has 0 bridgehead atoms. The van der Waals surface area contributed by atoms with Gasteiger partial charge in [-0.25, -0.2) is 0 Å². The van der Waals surface area contributed by atoms with Gasteiger partial charge < -0.3 is 10.6 Å². The molecular weight excluding hydrogens is 256 g/mol. The highest BCUT2D eigenvalue weighted by molar-refractivity contribution is 9.10. The number of amides is 1. The van der Waals surface area contributed by atoms with Crippen molar-refractivity contribution in [1.82, 2.24) is 10.6 Å². The highest BCUT2D eigenvalue weighted by atomic mass is 79.9. The first kappa shape index (κ1) is 10.6. The Morgan fingerprint density at radius 2 is 2.27 bits per heavy atom. The van der Waals surface area contributed by atoms with Gasteiger partial charge in [0.1, 0.15) is 0 Å². The molecule has 1 amide bonds. The summed E-state index contributed by atoms with van der Waals surface area (Å²) in [6.07, 6.45) is 1.01. The van der Waals surface area contributed by atoms with Gasteiger partial charge in [0.15, 0.2) is 0 Å². The first-order chi connectivity index (χ1) is 7.27. The largest absolute Gasteiger partial charge is 0.348 e. The van der Waals surface area contributed by atoms with Crippen molar-refractivity contribution in [2.75, 3.05) is 13.1 Å². The summed E-state index contributed by atoms with van der Waals surface area (Å²) in [7, 11) is 0. The number of benzene rings is 1. The zero-order valence-electron chi connectivity index (χ0n) is 8.29. The van der Waals surface area contributed by atoms with Crippen LogP contribution in [0.1, 0.15) is 16.8 Å². The van der Waals surface area contributed by atoms with Crippen molar-refractivity contribution in [2.45, 2.75) is 12.5 Å². The second-order valence-electron chi connectivity index (χ2n) is 3.64. The fraction of sp³-hybridized carbons (Fsp3) is 0.364. The Morgan fingerprint density at radius 3 is 2.93 bits per heavy atom. The zero-order valence-corrected chi connectivity index (χ0v) is 9.88. The second kappa shape index (κ2) is 4.77. The minimum absolute atomic E-state index is 0.00354. The first-order valence-corrected chi connectivity index (χ1v) is 5.83. The van der Waals surface area contributed by atoms with Crippen LogP contribution in [-0.2, 0) is 0 Å². The Balaban J connectivity index is 2.04. The number of carbonyl (C=O) groups excluding carboxylic acids is 1. The van der Waals surface area contributed by atoms with Gasteiger partial charge in [0.25, 0.3) is 5.91 Å². The van der Waals surface area contributed by atoms with Gasteiger partial charge in [0.2, 0.25) is 0 Å². The fourth-order valence-electron chi connectivity index (χ4n) is 1.69. The summed E-state index contributed by atoms with van der Waals surface area (Å²) in [5.74, 6) is -0.00354. The lowest BCUT2D eigenvalue weighted by Gasteiger charge is -2.11. The number of halogens is 1. The molecule has 1 unspecified atom stereocenters. The molecule has 80 valence electrons. The van der Waals surface area contributed by atoms with Crippen molar-refractivity contribution in [3.8, 4) is 0 Å². The van der Waals surface area contributed by atoms with E-state index in [2.05, 4.69) is 26.6 Å². The SMILES string of the molecule is O=C(NC1CCNC1)c1ccccc1Br. The van der Waals surface area contributed by atoms with Gasteiger partial charge in [-0.2, -0.15) is 0 Å². The van der Waals surface area contributed by atoms with Crippen LogP contribution >= 0.6 is 15.9 Å². The minimum atomic E-state index is -0.00354. The minimum Gasteiger partial charge on any atom is -0.348 e. The maximum absolute atomic E-state index is 11.9. The summed E-state index contributed by atoms with van der Waals surface area (Å²) in [6, 6.07) is 7.73. The molecule has 0 aliphatic carbocycles. The predicted octanol–water partition coefficient (Wildman–Crippen LogP) is 1.54. The van der Waals surface area contributed by atoms with Crippen LogP contribution in [0, 0.1) is 0 Å². The maximum atomic E-state index is 11.9. The zero-order chi connectivity index (χ0) is 10.7. The van der Waals surface area contributed by atoms with E-state index in [-0.39, 0.29) is 11.9 Å². The van der Waals surface area contributed by atoms with Crippen molar-refractivity contribution >= 4 is 21.8 Å². The molecule has 1 heterocycles. The number of rotatable bonds is 2. The molecule has 4 heteroatoms. The van der Waals surface area contributed by atoms with E-state index in [9.17, 15) is 4.79 Å². The van der Waals surface area contributed by atoms with Crippen LogP contribution in [0.25, 0.3) is 0 Å². The molecule has 1 saturated heterocycles. The van der Waals surface area contributed by atoms with Crippen LogP contribution in [0.3, 0.4) is 0 Å². The number of hydrogen-bond donors (Lipinski definition) is 2. The van der Waals surface area contributed by atoms with Crippen LogP contribution in [0.5, 0.6) is 0 Å². The Hall–Kier alpha value is -0.870. The molecule has 0 radical (unpaired) electrons. The molecule has 2 N–H and O–H groups in total.